The molecule has 0 heterocycles. The Balaban J connectivity index is 4.62. The van der Waals surface area contributed by atoms with E-state index in [1.807, 2.05) is 0 Å². The van der Waals surface area contributed by atoms with Crippen LogP contribution < -0.4 is 0 Å². The maximum atomic E-state index is 9.95. The van der Waals surface area contributed by atoms with E-state index >= 15 is 0 Å². The van der Waals surface area contributed by atoms with Crippen molar-refractivity contribution in [3.8, 4) is 0 Å². The second kappa shape index (κ2) is 7.13. The molecule has 2 unspecified atom stereocenters. The van der Waals surface area contributed by atoms with Gasteiger partial charge in [-0.05, 0) is 13.1 Å². The van der Waals surface area contributed by atoms with Crippen molar-refractivity contribution in [3.05, 3.63) is 0 Å². The minimum absolute atomic E-state index is 1.17. The zero-order valence-corrected chi connectivity index (χ0v) is 16.4. The average molecular weight is 365 g/mol. The summed E-state index contributed by atoms with van der Waals surface area (Å²) in [7, 11) is -15.8. The SMILES string of the molecule is C[Si](O)O[Si](C)(O)O[Si](C)(O)O[Si](C)(O)O[Si](C)O. The van der Waals surface area contributed by atoms with Gasteiger partial charge in [-0.3, -0.25) is 0 Å². The Bertz CT molecular complexity index is 256. The number of hydrogen-bond donors (Lipinski definition) is 5. The van der Waals surface area contributed by atoms with E-state index in [0.29, 0.717) is 0 Å². The van der Waals surface area contributed by atoms with Crippen LogP contribution in [0.2, 0.25) is 32.7 Å². The molecule has 19 heavy (non-hydrogen) atoms. The van der Waals surface area contributed by atoms with Crippen LogP contribution in [0, 0.1) is 0 Å². The largest absolute Gasteiger partial charge is 0.480 e. The molecule has 2 radical (unpaired) electrons. The fraction of sp³-hybridized carbons (Fsp3) is 1.00. The molecule has 0 saturated carbocycles. The van der Waals surface area contributed by atoms with Crippen molar-refractivity contribution in [1.29, 1.82) is 0 Å². The molecular formula is C5H20O9Si5. The Kier molecular flexibility index (Phi) is 7.40. The van der Waals surface area contributed by atoms with E-state index in [1.165, 1.54) is 32.7 Å². The summed E-state index contributed by atoms with van der Waals surface area (Å²) in [5.41, 5.74) is 0. The maximum Gasteiger partial charge on any atom is 0.480 e. The molecule has 0 saturated heterocycles. The minimum atomic E-state index is -3.92. The van der Waals surface area contributed by atoms with E-state index < -0.39 is 45.0 Å². The summed E-state index contributed by atoms with van der Waals surface area (Å²) in [6, 6.07) is 0. The van der Waals surface area contributed by atoms with Gasteiger partial charge in [0.05, 0.1) is 0 Å². The molecule has 0 aromatic rings. The Hall–Kier alpha value is 0.724. The smallest absolute Gasteiger partial charge is 0.410 e. The zero-order chi connectivity index (χ0) is 15.5. The molecule has 114 valence electrons. The molecule has 5 N–H and O–H groups in total. The van der Waals surface area contributed by atoms with Crippen molar-refractivity contribution in [3.63, 3.8) is 0 Å². The highest BCUT2D eigenvalue weighted by molar-refractivity contribution is 6.81. The van der Waals surface area contributed by atoms with Crippen LogP contribution in [0.1, 0.15) is 0 Å². The van der Waals surface area contributed by atoms with Crippen LogP contribution in [0.3, 0.4) is 0 Å². The molecule has 14 heteroatoms. The molecule has 0 aliphatic rings. The molecule has 0 spiro atoms. The Morgan fingerprint density at radius 2 is 0.947 bits per heavy atom. The first-order valence-electron chi connectivity index (χ1n) is 5.25. The summed E-state index contributed by atoms with van der Waals surface area (Å²) in [6.45, 7) is 6.33. The lowest BCUT2D eigenvalue weighted by Gasteiger charge is -2.33. The standard InChI is InChI=1S/C5H20O9Si5/c1-15(6)11-17(3,8)13-19(5,10)14-18(4,9)12-16(2)7/h6-10H,1-5H3. The van der Waals surface area contributed by atoms with E-state index in [1.54, 1.807) is 0 Å². The van der Waals surface area contributed by atoms with Gasteiger partial charge < -0.3 is 40.4 Å². The zero-order valence-electron chi connectivity index (χ0n) is 11.4. The third kappa shape index (κ3) is 10.1. The van der Waals surface area contributed by atoms with Crippen LogP contribution in [-0.4, -0.2) is 69.0 Å². The lowest BCUT2D eigenvalue weighted by atomic mass is 11.9. The molecular weight excluding hydrogens is 344 g/mol. The molecule has 0 amide bonds. The van der Waals surface area contributed by atoms with Gasteiger partial charge in [0.25, 0.3) is 0 Å². The van der Waals surface area contributed by atoms with Crippen molar-refractivity contribution in [1.82, 2.24) is 0 Å². The maximum absolute atomic E-state index is 9.95. The fourth-order valence-electron chi connectivity index (χ4n) is 1.31. The van der Waals surface area contributed by atoms with E-state index in [4.69, 9.17) is 26.1 Å². The van der Waals surface area contributed by atoms with Crippen LogP contribution in [0.5, 0.6) is 0 Å². The highest BCUT2D eigenvalue weighted by Crippen LogP contribution is 2.17. The van der Waals surface area contributed by atoms with E-state index in [2.05, 4.69) is 0 Å². The third-order valence-corrected chi connectivity index (χ3v) is 12.9. The lowest BCUT2D eigenvalue weighted by molar-refractivity contribution is 0.135. The van der Waals surface area contributed by atoms with E-state index in [9.17, 15) is 14.4 Å². The van der Waals surface area contributed by atoms with E-state index in [-0.39, 0.29) is 0 Å². The highest BCUT2D eigenvalue weighted by Gasteiger charge is 2.50. The summed E-state index contributed by atoms with van der Waals surface area (Å²) < 4.78 is 19.7. The molecule has 0 aromatic carbocycles. The normalized spacial score (nSPS) is 22.1. The highest BCUT2D eigenvalue weighted by atomic mass is 28.5. The van der Waals surface area contributed by atoms with Gasteiger partial charge in [0.1, 0.15) is 0 Å². The van der Waals surface area contributed by atoms with Crippen LogP contribution >= 0.6 is 0 Å². The third-order valence-electron chi connectivity index (χ3n) is 1.43. The van der Waals surface area contributed by atoms with Crippen LogP contribution in [-0.2, 0) is 16.5 Å². The predicted octanol–water partition coefficient (Wildman–Crippen LogP) is -2.04. The van der Waals surface area contributed by atoms with Crippen LogP contribution in [0.25, 0.3) is 0 Å². The quantitative estimate of drug-likeness (QED) is 0.308. The molecule has 0 rings (SSSR count). The Morgan fingerprint density at radius 1 is 0.684 bits per heavy atom. The molecule has 0 aliphatic heterocycles. The van der Waals surface area contributed by atoms with Crippen molar-refractivity contribution in [2.45, 2.75) is 32.7 Å². The van der Waals surface area contributed by atoms with Crippen LogP contribution in [0.4, 0.5) is 0 Å². The summed E-state index contributed by atoms with van der Waals surface area (Å²) >= 11 is 0. The second-order valence-electron chi connectivity index (χ2n) is 4.14. The average Bonchev–Trinajstić information content (AvgIpc) is 1.89. The minimum Gasteiger partial charge on any atom is -0.410 e. The molecule has 0 bridgehead atoms. The van der Waals surface area contributed by atoms with Gasteiger partial charge in [0, 0.05) is 19.6 Å². The first-order chi connectivity index (χ1) is 8.25. The van der Waals surface area contributed by atoms with Crippen molar-refractivity contribution >= 4 is 45.0 Å². The van der Waals surface area contributed by atoms with Gasteiger partial charge in [-0.25, -0.2) is 0 Å². The summed E-state index contributed by atoms with van der Waals surface area (Å²) in [4.78, 5) is 47.8. The Morgan fingerprint density at radius 3 is 1.16 bits per heavy atom. The predicted molar refractivity (Wildman–Crippen MR) is 73.5 cm³/mol. The van der Waals surface area contributed by atoms with Crippen molar-refractivity contribution in [2.24, 2.45) is 0 Å². The first kappa shape index (κ1) is 19.7. The fourth-order valence-corrected chi connectivity index (χ4v) is 12.9. The van der Waals surface area contributed by atoms with Crippen molar-refractivity contribution in [2.75, 3.05) is 0 Å². The molecule has 0 aliphatic carbocycles. The second-order valence-corrected chi connectivity index (χ2v) is 14.9. The first-order valence-corrected chi connectivity index (χ1v) is 15.8. The summed E-state index contributed by atoms with van der Waals surface area (Å²) in [6.07, 6.45) is 0. The van der Waals surface area contributed by atoms with Gasteiger partial charge in [0.2, 0.25) is 0 Å². The molecule has 2 atom stereocenters. The lowest BCUT2D eigenvalue weighted by Crippen LogP contribution is -2.60. The molecule has 0 aromatic heterocycles. The van der Waals surface area contributed by atoms with Gasteiger partial charge in [-0.1, -0.05) is 0 Å². The van der Waals surface area contributed by atoms with Crippen LogP contribution in [0.15, 0.2) is 0 Å². The van der Waals surface area contributed by atoms with Gasteiger partial charge in [-0.2, -0.15) is 0 Å². The Labute approximate surface area is 118 Å². The van der Waals surface area contributed by atoms with Gasteiger partial charge >= 0.3 is 45.0 Å². The summed E-state index contributed by atoms with van der Waals surface area (Å²) in [5, 5.41) is 0. The number of rotatable bonds is 8. The van der Waals surface area contributed by atoms with Gasteiger partial charge in [0.15, 0.2) is 0 Å². The molecule has 0 fully saturated rings. The monoisotopic (exact) mass is 364 g/mol. The van der Waals surface area contributed by atoms with Gasteiger partial charge in [-0.15, -0.1) is 0 Å². The molecule has 9 nitrogen and oxygen atoms in total. The summed E-state index contributed by atoms with van der Waals surface area (Å²) in [5.74, 6) is 0. The topological polar surface area (TPSA) is 138 Å². The van der Waals surface area contributed by atoms with E-state index in [0.717, 1.165) is 0 Å². The van der Waals surface area contributed by atoms with Crippen molar-refractivity contribution < 1.29 is 40.4 Å². The number of hydrogen-bond acceptors (Lipinski definition) is 9.